The SMILES string of the molecule is Cn1nccc1CNC(=O)Cc1ccccc1. The second-order valence-electron chi connectivity index (χ2n) is 3.89. The monoisotopic (exact) mass is 229 g/mol. The number of hydrogen-bond donors (Lipinski definition) is 1. The minimum atomic E-state index is 0.0254. The third-order valence-electron chi connectivity index (χ3n) is 2.60. The average molecular weight is 229 g/mol. The van der Waals surface area contributed by atoms with Gasteiger partial charge in [0, 0.05) is 13.2 Å². The molecular formula is C13H15N3O. The number of amides is 1. The maximum absolute atomic E-state index is 11.7. The van der Waals surface area contributed by atoms with E-state index in [0.29, 0.717) is 13.0 Å². The maximum Gasteiger partial charge on any atom is 0.224 e. The highest BCUT2D eigenvalue weighted by atomic mass is 16.1. The van der Waals surface area contributed by atoms with Crippen LogP contribution in [-0.2, 0) is 24.8 Å². The summed E-state index contributed by atoms with van der Waals surface area (Å²) >= 11 is 0. The summed E-state index contributed by atoms with van der Waals surface area (Å²) in [6, 6.07) is 11.6. The van der Waals surface area contributed by atoms with Crippen molar-refractivity contribution in [2.24, 2.45) is 7.05 Å². The molecule has 4 heteroatoms. The molecule has 0 aliphatic heterocycles. The van der Waals surface area contributed by atoms with E-state index in [1.165, 1.54) is 0 Å². The van der Waals surface area contributed by atoms with Crippen molar-refractivity contribution in [1.82, 2.24) is 15.1 Å². The minimum Gasteiger partial charge on any atom is -0.350 e. The molecule has 1 heterocycles. The first-order chi connectivity index (χ1) is 8.25. The molecule has 0 saturated carbocycles. The quantitative estimate of drug-likeness (QED) is 0.858. The lowest BCUT2D eigenvalue weighted by atomic mass is 10.1. The highest BCUT2D eigenvalue weighted by Crippen LogP contribution is 2.00. The second kappa shape index (κ2) is 5.30. The summed E-state index contributed by atoms with van der Waals surface area (Å²) < 4.78 is 1.75. The van der Waals surface area contributed by atoms with E-state index in [-0.39, 0.29) is 5.91 Å². The molecule has 0 aliphatic carbocycles. The summed E-state index contributed by atoms with van der Waals surface area (Å²) in [5.41, 5.74) is 2.02. The Bertz CT molecular complexity index is 490. The van der Waals surface area contributed by atoms with Gasteiger partial charge in [0.15, 0.2) is 0 Å². The molecule has 0 radical (unpaired) electrons. The van der Waals surface area contributed by atoms with E-state index < -0.39 is 0 Å². The summed E-state index contributed by atoms with van der Waals surface area (Å²) in [6.45, 7) is 0.516. The minimum absolute atomic E-state index is 0.0254. The number of carbonyl (C=O) groups excluding carboxylic acids is 1. The van der Waals surface area contributed by atoms with E-state index in [9.17, 15) is 4.79 Å². The van der Waals surface area contributed by atoms with Crippen molar-refractivity contribution in [2.75, 3.05) is 0 Å². The summed E-state index contributed by atoms with van der Waals surface area (Å²) in [5.74, 6) is 0.0254. The van der Waals surface area contributed by atoms with Gasteiger partial charge in [-0.25, -0.2) is 0 Å². The van der Waals surface area contributed by atoms with Crippen molar-refractivity contribution in [3.8, 4) is 0 Å². The van der Waals surface area contributed by atoms with Gasteiger partial charge >= 0.3 is 0 Å². The number of aromatic nitrogens is 2. The smallest absolute Gasteiger partial charge is 0.224 e. The van der Waals surface area contributed by atoms with Crippen molar-refractivity contribution in [2.45, 2.75) is 13.0 Å². The van der Waals surface area contributed by atoms with Gasteiger partial charge in [-0.05, 0) is 11.6 Å². The number of benzene rings is 1. The lowest BCUT2D eigenvalue weighted by Gasteiger charge is -2.05. The van der Waals surface area contributed by atoms with E-state index in [1.807, 2.05) is 43.4 Å². The summed E-state index contributed by atoms with van der Waals surface area (Å²) in [7, 11) is 1.86. The number of aryl methyl sites for hydroxylation is 1. The average Bonchev–Trinajstić information content (AvgIpc) is 2.74. The predicted molar refractivity (Wildman–Crippen MR) is 65.2 cm³/mol. The van der Waals surface area contributed by atoms with Gasteiger partial charge in [0.1, 0.15) is 0 Å². The fourth-order valence-corrected chi connectivity index (χ4v) is 1.61. The highest BCUT2D eigenvalue weighted by Gasteiger charge is 2.04. The highest BCUT2D eigenvalue weighted by molar-refractivity contribution is 5.78. The summed E-state index contributed by atoms with van der Waals surface area (Å²) in [6.07, 6.45) is 2.14. The Morgan fingerprint density at radius 1 is 1.29 bits per heavy atom. The number of nitrogens with zero attached hydrogens (tertiary/aromatic N) is 2. The zero-order chi connectivity index (χ0) is 12.1. The van der Waals surface area contributed by atoms with Crippen LogP contribution in [0.15, 0.2) is 42.6 Å². The lowest BCUT2D eigenvalue weighted by molar-refractivity contribution is -0.120. The van der Waals surface area contributed by atoms with Crippen LogP contribution in [0.3, 0.4) is 0 Å². The Labute approximate surface area is 100 Å². The first-order valence-electron chi connectivity index (χ1n) is 5.53. The molecule has 0 aliphatic rings. The van der Waals surface area contributed by atoms with Gasteiger partial charge in [0.2, 0.25) is 5.91 Å². The largest absolute Gasteiger partial charge is 0.350 e. The molecule has 1 aromatic carbocycles. The standard InChI is InChI=1S/C13H15N3O/c1-16-12(7-8-15-16)10-14-13(17)9-11-5-3-2-4-6-11/h2-8H,9-10H2,1H3,(H,14,17). The van der Waals surface area contributed by atoms with Gasteiger partial charge < -0.3 is 5.32 Å². The molecule has 0 fully saturated rings. The van der Waals surface area contributed by atoms with E-state index in [4.69, 9.17) is 0 Å². The molecule has 0 atom stereocenters. The molecule has 4 nitrogen and oxygen atoms in total. The zero-order valence-corrected chi connectivity index (χ0v) is 9.76. The lowest BCUT2D eigenvalue weighted by Crippen LogP contribution is -2.25. The van der Waals surface area contributed by atoms with E-state index >= 15 is 0 Å². The van der Waals surface area contributed by atoms with Gasteiger partial charge in [-0.2, -0.15) is 5.10 Å². The zero-order valence-electron chi connectivity index (χ0n) is 9.76. The first kappa shape index (κ1) is 11.4. The first-order valence-corrected chi connectivity index (χ1v) is 5.53. The normalized spacial score (nSPS) is 10.2. The van der Waals surface area contributed by atoms with Crippen molar-refractivity contribution in [3.05, 3.63) is 53.9 Å². The van der Waals surface area contributed by atoms with E-state index in [1.54, 1.807) is 10.9 Å². The molecule has 2 aromatic rings. The number of hydrogen-bond acceptors (Lipinski definition) is 2. The van der Waals surface area contributed by atoms with Crippen LogP contribution in [0, 0.1) is 0 Å². The Kier molecular flexibility index (Phi) is 3.55. The molecule has 1 N–H and O–H groups in total. The number of rotatable bonds is 4. The van der Waals surface area contributed by atoms with Gasteiger partial charge in [-0.1, -0.05) is 30.3 Å². The molecule has 1 amide bonds. The van der Waals surface area contributed by atoms with Crippen molar-refractivity contribution >= 4 is 5.91 Å². The van der Waals surface area contributed by atoms with Crippen LogP contribution < -0.4 is 5.32 Å². The number of nitrogens with one attached hydrogen (secondary N) is 1. The molecule has 2 rings (SSSR count). The van der Waals surface area contributed by atoms with Crippen LogP contribution in [0.25, 0.3) is 0 Å². The van der Waals surface area contributed by atoms with Gasteiger partial charge in [0.25, 0.3) is 0 Å². The van der Waals surface area contributed by atoms with Crippen molar-refractivity contribution in [1.29, 1.82) is 0 Å². The van der Waals surface area contributed by atoms with E-state index in [2.05, 4.69) is 10.4 Å². The van der Waals surface area contributed by atoms with Crippen LogP contribution in [0.5, 0.6) is 0 Å². The molecule has 0 saturated heterocycles. The van der Waals surface area contributed by atoms with Gasteiger partial charge in [-0.3, -0.25) is 9.48 Å². The van der Waals surface area contributed by atoms with Crippen molar-refractivity contribution < 1.29 is 4.79 Å². The predicted octanol–water partition coefficient (Wildman–Crippen LogP) is 1.28. The maximum atomic E-state index is 11.7. The summed E-state index contributed by atoms with van der Waals surface area (Å²) in [5, 5.41) is 6.92. The summed E-state index contributed by atoms with van der Waals surface area (Å²) in [4.78, 5) is 11.7. The Balaban J connectivity index is 1.84. The third-order valence-corrected chi connectivity index (χ3v) is 2.60. The van der Waals surface area contributed by atoms with Crippen LogP contribution in [0.1, 0.15) is 11.3 Å². The second-order valence-corrected chi connectivity index (χ2v) is 3.89. The Hall–Kier alpha value is -2.10. The topological polar surface area (TPSA) is 46.9 Å². The fourth-order valence-electron chi connectivity index (χ4n) is 1.61. The van der Waals surface area contributed by atoms with Crippen LogP contribution in [-0.4, -0.2) is 15.7 Å². The molecule has 1 aromatic heterocycles. The molecule has 88 valence electrons. The van der Waals surface area contributed by atoms with Crippen molar-refractivity contribution in [3.63, 3.8) is 0 Å². The Morgan fingerprint density at radius 2 is 2.06 bits per heavy atom. The fraction of sp³-hybridized carbons (Fsp3) is 0.231. The molecule has 0 spiro atoms. The van der Waals surface area contributed by atoms with Crippen LogP contribution in [0.4, 0.5) is 0 Å². The molecule has 0 bridgehead atoms. The van der Waals surface area contributed by atoms with Gasteiger partial charge in [0.05, 0.1) is 18.7 Å². The van der Waals surface area contributed by atoms with Crippen LogP contribution >= 0.6 is 0 Å². The molecular weight excluding hydrogens is 214 g/mol. The van der Waals surface area contributed by atoms with Gasteiger partial charge in [-0.15, -0.1) is 0 Å². The third kappa shape index (κ3) is 3.17. The van der Waals surface area contributed by atoms with E-state index in [0.717, 1.165) is 11.3 Å². The van der Waals surface area contributed by atoms with Crippen LogP contribution in [0.2, 0.25) is 0 Å². The Morgan fingerprint density at radius 3 is 2.71 bits per heavy atom. The number of carbonyl (C=O) groups is 1. The molecule has 0 unspecified atom stereocenters. The molecule has 17 heavy (non-hydrogen) atoms.